The molecule has 0 bridgehead atoms. The van der Waals surface area contributed by atoms with Gasteiger partial charge in [-0.3, -0.25) is 4.79 Å². The molecule has 1 heterocycles. The zero-order valence-corrected chi connectivity index (χ0v) is 9.87. The Morgan fingerprint density at radius 3 is 2.94 bits per heavy atom. The molecular weight excluding hydrogens is 230 g/mol. The third-order valence-electron chi connectivity index (χ3n) is 1.99. The molecule has 0 atom stereocenters. The van der Waals surface area contributed by atoms with Crippen molar-refractivity contribution in [2.45, 2.75) is 0 Å². The Balaban J connectivity index is 2.69. The molecule has 0 aliphatic heterocycles. The van der Waals surface area contributed by atoms with Crippen molar-refractivity contribution >= 4 is 17.5 Å². The second-order valence-electron chi connectivity index (χ2n) is 3.14. The molecule has 0 unspecified atom stereocenters. The summed E-state index contributed by atoms with van der Waals surface area (Å²) in [4.78, 5) is 13.5. The van der Waals surface area contributed by atoms with Gasteiger partial charge in [-0.05, 0) is 23.7 Å². The number of carbonyl (C=O) groups excluding carboxylic acids is 1. The number of carbonyl (C=O) groups is 1. The Kier molecular flexibility index (Phi) is 5.08. The molecule has 0 aromatic carbocycles. The molecule has 1 rings (SSSR count). The molecule has 0 aliphatic carbocycles. The van der Waals surface area contributed by atoms with Gasteiger partial charge in [-0.1, -0.05) is 6.08 Å². The number of amides is 1. The Labute approximate surface area is 99.4 Å². The number of ether oxygens (including phenoxy) is 1. The zero-order chi connectivity index (χ0) is 12.0. The third kappa shape index (κ3) is 3.40. The van der Waals surface area contributed by atoms with Crippen molar-refractivity contribution in [1.82, 2.24) is 4.90 Å². The smallest absolute Gasteiger partial charge is 0.289 e. The first-order chi connectivity index (χ1) is 7.69. The van der Waals surface area contributed by atoms with Crippen LogP contribution in [0.25, 0.3) is 0 Å². The first-order valence-corrected chi connectivity index (χ1v) is 5.21. The minimum atomic E-state index is -0.219. The van der Waals surface area contributed by atoms with E-state index >= 15 is 0 Å². The minimum absolute atomic E-state index is 0.202. The predicted molar refractivity (Wildman–Crippen MR) is 61.7 cm³/mol. The molecule has 0 fully saturated rings. The summed E-state index contributed by atoms with van der Waals surface area (Å²) in [7, 11) is 1.58. The Morgan fingerprint density at radius 2 is 2.44 bits per heavy atom. The van der Waals surface area contributed by atoms with Crippen LogP contribution in [-0.2, 0) is 4.74 Å². The van der Waals surface area contributed by atoms with Crippen LogP contribution in [0.5, 0.6) is 0 Å². The lowest BCUT2D eigenvalue weighted by molar-refractivity contribution is 0.0687. The molecule has 16 heavy (non-hydrogen) atoms. The summed E-state index contributed by atoms with van der Waals surface area (Å²) in [5.74, 6) is 0.00630. The van der Waals surface area contributed by atoms with E-state index < -0.39 is 0 Å². The molecule has 1 aromatic rings. The predicted octanol–water partition coefficient (Wildman–Crippen LogP) is 2.21. The Bertz CT molecular complexity index is 362. The maximum absolute atomic E-state index is 11.9. The quantitative estimate of drug-likeness (QED) is 0.720. The number of hydrogen-bond acceptors (Lipinski definition) is 3. The van der Waals surface area contributed by atoms with Gasteiger partial charge in [0.05, 0.1) is 6.61 Å². The number of furan rings is 1. The first-order valence-electron chi connectivity index (χ1n) is 4.83. The van der Waals surface area contributed by atoms with E-state index in [2.05, 4.69) is 6.58 Å². The summed E-state index contributed by atoms with van der Waals surface area (Å²) >= 11 is 5.61. The van der Waals surface area contributed by atoms with Crippen LogP contribution in [0.15, 0.2) is 29.2 Å². The van der Waals surface area contributed by atoms with Crippen LogP contribution < -0.4 is 0 Å². The van der Waals surface area contributed by atoms with Crippen molar-refractivity contribution in [3.63, 3.8) is 0 Å². The standard InChI is InChI=1S/C11H14ClNO3/c1-3-6-13(7-8-15-2)11(14)9-4-5-10(12)16-9/h3-5H,1,6-8H2,2H3. The van der Waals surface area contributed by atoms with Crippen molar-refractivity contribution in [2.24, 2.45) is 0 Å². The van der Waals surface area contributed by atoms with Crippen LogP contribution in [-0.4, -0.2) is 37.6 Å². The van der Waals surface area contributed by atoms with Crippen molar-refractivity contribution in [2.75, 3.05) is 26.8 Å². The Morgan fingerprint density at radius 1 is 1.69 bits per heavy atom. The fraction of sp³-hybridized carbons (Fsp3) is 0.364. The molecule has 0 N–H and O–H groups in total. The number of rotatable bonds is 6. The van der Waals surface area contributed by atoms with Gasteiger partial charge in [-0.25, -0.2) is 0 Å². The summed E-state index contributed by atoms with van der Waals surface area (Å²) in [6.45, 7) is 5.00. The largest absolute Gasteiger partial charge is 0.440 e. The molecule has 88 valence electrons. The van der Waals surface area contributed by atoms with E-state index in [0.717, 1.165) is 0 Å². The van der Waals surface area contributed by atoms with Crippen LogP contribution in [0.2, 0.25) is 5.22 Å². The molecule has 1 amide bonds. The highest BCUT2D eigenvalue weighted by Gasteiger charge is 2.17. The maximum Gasteiger partial charge on any atom is 0.289 e. The number of nitrogens with zero attached hydrogens (tertiary/aromatic N) is 1. The Hall–Kier alpha value is -1.26. The second kappa shape index (κ2) is 6.35. The number of methoxy groups -OCH3 is 1. The van der Waals surface area contributed by atoms with E-state index in [1.54, 1.807) is 24.2 Å². The van der Waals surface area contributed by atoms with Crippen molar-refractivity contribution in [3.05, 3.63) is 35.8 Å². The van der Waals surface area contributed by atoms with Gasteiger partial charge in [0.1, 0.15) is 0 Å². The molecule has 0 radical (unpaired) electrons. The van der Waals surface area contributed by atoms with E-state index in [1.165, 1.54) is 6.07 Å². The van der Waals surface area contributed by atoms with Crippen LogP contribution in [0.4, 0.5) is 0 Å². The van der Waals surface area contributed by atoms with Gasteiger partial charge in [-0.15, -0.1) is 6.58 Å². The molecule has 0 spiro atoms. The molecule has 5 heteroatoms. The fourth-order valence-corrected chi connectivity index (χ4v) is 1.36. The van der Waals surface area contributed by atoms with Gasteiger partial charge in [0.25, 0.3) is 5.91 Å². The monoisotopic (exact) mass is 243 g/mol. The van der Waals surface area contributed by atoms with Crippen LogP contribution in [0.3, 0.4) is 0 Å². The molecule has 0 saturated carbocycles. The highest BCUT2D eigenvalue weighted by Crippen LogP contribution is 2.14. The normalized spacial score (nSPS) is 10.1. The van der Waals surface area contributed by atoms with Gasteiger partial charge in [0, 0.05) is 20.2 Å². The topological polar surface area (TPSA) is 42.7 Å². The zero-order valence-electron chi connectivity index (χ0n) is 9.11. The van der Waals surface area contributed by atoms with Gasteiger partial charge in [-0.2, -0.15) is 0 Å². The highest BCUT2D eigenvalue weighted by atomic mass is 35.5. The fourth-order valence-electron chi connectivity index (χ4n) is 1.22. The molecule has 4 nitrogen and oxygen atoms in total. The number of hydrogen-bond donors (Lipinski definition) is 0. The van der Waals surface area contributed by atoms with Gasteiger partial charge >= 0.3 is 0 Å². The van der Waals surface area contributed by atoms with Crippen molar-refractivity contribution < 1.29 is 13.9 Å². The molecule has 0 aliphatic rings. The average Bonchev–Trinajstić information content (AvgIpc) is 2.70. The van der Waals surface area contributed by atoms with E-state index in [1.807, 2.05) is 0 Å². The van der Waals surface area contributed by atoms with Gasteiger partial charge < -0.3 is 14.1 Å². The molecule has 1 aromatic heterocycles. The summed E-state index contributed by atoms with van der Waals surface area (Å²) < 4.78 is 9.98. The average molecular weight is 244 g/mol. The lowest BCUT2D eigenvalue weighted by Crippen LogP contribution is -2.33. The summed E-state index contributed by atoms with van der Waals surface area (Å²) in [5.41, 5.74) is 0. The van der Waals surface area contributed by atoms with Crippen LogP contribution in [0, 0.1) is 0 Å². The molecular formula is C11H14ClNO3. The van der Waals surface area contributed by atoms with Gasteiger partial charge in [0.15, 0.2) is 11.0 Å². The van der Waals surface area contributed by atoms with E-state index in [4.69, 9.17) is 20.8 Å². The maximum atomic E-state index is 11.9. The van der Waals surface area contributed by atoms with E-state index in [-0.39, 0.29) is 16.9 Å². The summed E-state index contributed by atoms with van der Waals surface area (Å²) in [6.07, 6.45) is 1.65. The summed E-state index contributed by atoms with van der Waals surface area (Å²) in [5, 5.41) is 0.202. The SMILES string of the molecule is C=CCN(CCOC)C(=O)c1ccc(Cl)o1. The van der Waals surface area contributed by atoms with Crippen LogP contribution >= 0.6 is 11.6 Å². The third-order valence-corrected chi connectivity index (χ3v) is 2.19. The van der Waals surface area contributed by atoms with Crippen molar-refractivity contribution in [1.29, 1.82) is 0 Å². The minimum Gasteiger partial charge on any atom is -0.440 e. The molecule has 0 saturated heterocycles. The number of halogens is 1. The lowest BCUT2D eigenvalue weighted by Gasteiger charge is -2.19. The van der Waals surface area contributed by atoms with E-state index in [9.17, 15) is 4.79 Å². The first kappa shape index (κ1) is 12.8. The second-order valence-corrected chi connectivity index (χ2v) is 3.51. The van der Waals surface area contributed by atoms with Crippen LogP contribution in [0.1, 0.15) is 10.6 Å². The van der Waals surface area contributed by atoms with E-state index in [0.29, 0.717) is 19.7 Å². The van der Waals surface area contributed by atoms with Crippen molar-refractivity contribution in [3.8, 4) is 0 Å². The summed E-state index contributed by atoms with van der Waals surface area (Å²) in [6, 6.07) is 3.09. The highest BCUT2D eigenvalue weighted by molar-refractivity contribution is 6.29. The lowest BCUT2D eigenvalue weighted by atomic mass is 10.3. The van der Waals surface area contributed by atoms with Gasteiger partial charge in [0.2, 0.25) is 0 Å².